The fourth-order valence-electron chi connectivity index (χ4n) is 4.23. The number of ether oxygens (including phenoxy) is 1. The molecule has 0 saturated carbocycles. The van der Waals surface area contributed by atoms with Crippen LogP contribution in [0.3, 0.4) is 0 Å². The van der Waals surface area contributed by atoms with Crippen molar-refractivity contribution >= 4 is 44.2 Å². The minimum atomic E-state index is -0.195. The number of aryl methyl sites for hydroxylation is 3. The van der Waals surface area contributed by atoms with Crippen molar-refractivity contribution in [3.8, 4) is 11.3 Å². The first-order valence-electron chi connectivity index (χ1n) is 11.6. The Morgan fingerprint density at radius 2 is 1.89 bits per heavy atom. The quantitative estimate of drug-likeness (QED) is 0.340. The van der Waals surface area contributed by atoms with E-state index in [1.165, 1.54) is 22.5 Å². The van der Waals surface area contributed by atoms with Crippen molar-refractivity contribution in [2.75, 3.05) is 44.3 Å². The molecule has 1 fully saturated rings. The van der Waals surface area contributed by atoms with E-state index in [4.69, 9.17) is 25.8 Å². The zero-order chi connectivity index (χ0) is 24.5. The minimum absolute atomic E-state index is 0.195. The van der Waals surface area contributed by atoms with Gasteiger partial charge in [-0.3, -0.25) is 14.6 Å². The van der Waals surface area contributed by atoms with Gasteiger partial charge in [-0.2, -0.15) is 0 Å². The van der Waals surface area contributed by atoms with Crippen molar-refractivity contribution in [1.82, 2.24) is 15.0 Å². The standard InChI is InChI=1S/C26H27ClN4O3S/c1-16-14-21-22(15-17(16)2)35-26(28-21)31(9-8-30-10-12-33-13-11-30)25(32)23-18(3)34-29-24(23)19-6-4-5-7-20(19)27/h4-7,14-15H,8-13H2,1-3H3. The van der Waals surface area contributed by atoms with Crippen LogP contribution in [0.1, 0.15) is 27.2 Å². The average Bonchev–Trinajstić information content (AvgIpc) is 3.43. The maximum Gasteiger partial charge on any atom is 0.266 e. The third-order valence-corrected chi connectivity index (χ3v) is 7.79. The normalized spacial score (nSPS) is 14.5. The van der Waals surface area contributed by atoms with Crippen LogP contribution >= 0.6 is 22.9 Å². The first kappa shape index (κ1) is 23.9. The number of nitrogens with zero attached hydrogens (tertiary/aromatic N) is 4. The van der Waals surface area contributed by atoms with Gasteiger partial charge in [0.25, 0.3) is 5.91 Å². The molecule has 1 aliphatic heterocycles. The molecule has 5 rings (SSSR count). The molecule has 0 unspecified atom stereocenters. The molecule has 7 nitrogen and oxygen atoms in total. The van der Waals surface area contributed by atoms with Gasteiger partial charge in [0.05, 0.1) is 28.5 Å². The number of rotatable bonds is 6. The van der Waals surface area contributed by atoms with Gasteiger partial charge >= 0.3 is 0 Å². The van der Waals surface area contributed by atoms with Crippen molar-refractivity contribution in [3.63, 3.8) is 0 Å². The second-order valence-corrected chi connectivity index (χ2v) is 10.2. The van der Waals surface area contributed by atoms with Crippen LogP contribution in [0.4, 0.5) is 5.13 Å². The Morgan fingerprint density at radius 1 is 1.14 bits per heavy atom. The number of amides is 1. The van der Waals surface area contributed by atoms with E-state index >= 15 is 0 Å². The zero-order valence-electron chi connectivity index (χ0n) is 20.0. The number of anilines is 1. The second-order valence-electron chi connectivity index (χ2n) is 8.75. The van der Waals surface area contributed by atoms with Gasteiger partial charge in [-0.05, 0) is 50.1 Å². The summed E-state index contributed by atoms with van der Waals surface area (Å²) >= 11 is 7.98. The third kappa shape index (κ3) is 4.84. The number of morpholine rings is 1. The van der Waals surface area contributed by atoms with Crippen LogP contribution < -0.4 is 4.90 Å². The second kappa shape index (κ2) is 10.1. The van der Waals surface area contributed by atoms with E-state index in [2.05, 4.69) is 36.0 Å². The summed E-state index contributed by atoms with van der Waals surface area (Å²) < 4.78 is 12.0. The molecule has 0 atom stereocenters. The van der Waals surface area contributed by atoms with E-state index in [-0.39, 0.29) is 5.91 Å². The summed E-state index contributed by atoms with van der Waals surface area (Å²) in [5.74, 6) is 0.258. The Morgan fingerprint density at radius 3 is 2.66 bits per heavy atom. The van der Waals surface area contributed by atoms with Crippen molar-refractivity contribution < 1.29 is 14.1 Å². The van der Waals surface area contributed by atoms with Gasteiger partial charge in [0.2, 0.25) is 0 Å². The fourth-order valence-corrected chi connectivity index (χ4v) is 5.52. The highest BCUT2D eigenvalue weighted by molar-refractivity contribution is 7.22. The molecule has 0 bridgehead atoms. The molecule has 4 aromatic rings. The topological polar surface area (TPSA) is 71.7 Å². The molecular weight excluding hydrogens is 484 g/mol. The number of carbonyl (C=O) groups excluding carboxylic acids is 1. The maximum atomic E-state index is 14.1. The van der Waals surface area contributed by atoms with Crippen LogP contribution in [0.25, 0.3) is 21.5 Å². The molecule has 1 saturated heterocycles. The summed E-state index contributed by atoms with van der Waals surface area (Å²) in [4.78, 5) is 23.0. The van der Waals surface area contributed by atoms with Crippen molar-refractivity contribution in [2.24, 2.45) is 0 Å². The summed E-state index contributed by atoms with van der Waals surface area (Å²) in [5, 5.41) is 5.38. The molecule has 2 aromatic heterocycles. The average molecular weight is 511 g/mol. The molecule has 9 heteroatoms. The monoisotopic (exact) mass is 510 g/mol. The minimum Gasteiger partial charge on any atom is -0.379 e. The number of thiazole rings is 1. The predicted molar refractivity (Wildman–Crippen MR) is 140 cm³/mol. The number of carbonyl (C=O) groups is 1. The summed E-state index contributed by atoms with van der Waals surface area (Å²) in [6.07, 6.45) is 0. The molecule has 0 N–H and O–H groups in total. The number of fused-ring (bicyclic) bond motifs is 1. The molecule has 0 spiro atoms. The van der Waals surface area contributed by atoms with Crippen LogP contribution in [0.2, 0.25) is 5.02 Å². The fraction of sp³-hybridized carbons (Fsp3) is 0.346. The van der Waals surface area contributed by atoms with Crippen molar-refractivity contribution in [2.45, 2.75) is 20.8 Å². The Balaban J connectivity index is 1.55. The molecule has 35 heavy (non-hydrogen) atoms. The molecule has 2 aromatic carbocycles. The molecule has 1 aliphatic rings. The summed E-state index contributed by atoms with van der Waals surface area (Å²) in [5.41, 5.74) is 4.80. The lowest BCUT2D eigenvalue weighted by Crippen LogP contribution is -2.43. The van der Waals surface area contributed by atoms with Crippen LogP contribution in [0.5, 0.6) is 0 Å². The van der Waals surface area contributed by atoms with Crippen molar-refractivity contribution in [3.05, 3.63) is 63.9 Å². The lowest BCUT2D eigenvalue weighted by Gasteiger charge is -2.29. The Kier molecular flexibility index (Phi) is 6.88. The van der Waals surface area contributed by atoms with Crippen LogP contribution in [-0.2, 0) is 4.74 Å². The summed E-state index contributed by atoms with van der Waals surface area (Å²) in [6.45, 7) is 10.2. The van der Waals surface area contributed by atoms with Gasteiger partial charge in [0.1, 0.15) is 17.0 Å². The summed E-state index contributed by atoms with van der Waals surface area (Å²) in [6, 6.07) is 11.6. The van der Waals surface area contributed by atoms with E-state index in [9.17, 15) is 4.79 Å². The zero-order valence-corrected chi connectivity index (χ0v) is 21.6. The Hall–Kier alpha value is -2.78. The molecular formula is C26H27ClN4O3S. The third-order valence-electron chi connectivity index (χ3n) is 6.42. The molecule has 1 amide bonds. The largest absolute Gasteiger partial charge is 0.379 e. The maximum absolute atomic E-state index is 14.1. The first-order valence-corrected chi connectivity index (χ1v) is 12.8. The molecule has 0 aliphatic carbocycles. The number of hydrogen-bond donors (Lipinski definition) is 0. The highest BCUT2D eigenvalue weighted by atomic mass is 35.5. The highest BCUT2D eigenvalue weighted by Gasteiger charge is 2.30. The van der Waals surface area contributed by atoms with Crippen LogP contribution in [-0.4, -0.2) is 60.3 Å². The SMILES string of the molecule is Cc1cc2nc(N(CCN3CCOCC3)C(=O)c3c(-c4ccccc4Cl)noc3C)sc2cc1C. The predicted octanol–water partition coefficient (Wildman–Crippen LogP) is 5.51. The van der Waals surface area contributed by atoms with E-state index in [0.717, 1.165) is 29.9 Å². The molecule has 0 radical (unpaired) electrons. The molecule has 182 valence electrons. The van der Waals surface area contributed by atoms with Gasteiger partial charge in [-0.25, -0.2) is 4.98 Å². The van der Waals surface area contributed by atoms with Crippen LogP contribution in [0.15, 0.2) is 40.9 Å². The summed E-state index contributed by atoms with van der Waals surface area (Å²) in [7, 11) is 0. The van der Waals surface area contributed by atoms with Gasteiger partial charge in [0, 0.05) is 31.7 Å². The Bertz CT molecular complexity index is 1340. The van der Waals surface area contributed by atoms with Gasteiger partial charge in [-0.15, -0.1) is 0 Å². The van der Waals surface area contributed by atoms with Crippen molar-refractivity contribution in [1.29, 1.82) is 0 Å². The van der Waals surface area contributed by atoms with E-state index in [1.54, 1.807) is 17.9 Å². The lowest BCUT2D eigenvalue weighted by atomic mass is 10.1. The first-order chi connectivity index (χ1) is 16.9. The number of halogens is 1. The lowest BCUT2D eigenvalue weighted by molar-refractivity contribution is 0.0391. The van der Waals surface area contributed by atoms with Gasteiger partial charge in [-0.1, -0.05) is 46.3 Å². The smallest absolute Gasteiger partial charge is 0.266 e. The van der Waals surface area contributed by atoms with Crippen LogP contribution in [0, 0.1) is 20.8 Å². The van der Waals surface area contributed by atoms with Gasteiger partial charge in [0.15, 0.2) is 5.13 Å². The molecule has 3 heterocycles. The van der Waals surface area contributed by atoms with E-state index in [1.807, 2.05) is 18.2 Å². The Labute approximate surface area is 213 Å². The highest BCUT2D eigenvalue weighted by Crippen LogP contribution is 2.35. The number of hydrogen-bond acceptors (Lipinski definition) is 7. The number of aromatic nitrogens is 2. The van der Waals surface area contributed by atoms with Gasteiger partial charge < -0.3 is 9.26 Å². The van der Waals surface area contributed by atoms with E-state index in [0.29, 0.717) is 52.5 Å². The number of benzene rings is 2. The van der Waals surface area contributed by atoms with E-state index < -0.39 is 0 Å².